The molecule has 0 aliphatic rings. The molecule has 2 nitrogen and oxygen atoms in total. The molecule has 2 aromatic rings. The zero-order chi connectivity index (χ0) is 12.4. The first kappa shape index (κ1) is 12.6. The van der Waals surface area contributed by atoms with Crippen LogP contribution in [0.25, 0.3) is 10.1 Å². The normalized spacial score (nSPS) is 15.1. The maximum absolute atomic E-state index is 9.30. The molecule has 92 valence electrons. The topological polar surface area (TPSA) is 32.3 Å². The molecule has 0 saturated heterocycles. The Balaban J connectivity index is 2.26. The molecule has 0 aliphatic carbocycles. The lowest BCUT2D eigenvalue weighted by atomic mass is 10.1. The van der Waals surface area contributed by atoms with Gasteiger partial charge in [-0.05, 0) is 37.8 Å². The summed E-state index contributed by atoms with van der Waals surface area (Å²) < 4.78 is 1.34. The smallest absolute Gasteiger partial charge is 0.0636 e. The van der Waals surface area contributed by atoms with Crippen LogP contribution in [0.15, 0.2) is 24.3 Å². The number of hydrogen-bond donors (Lipinski definition) is 2. The summed E-state index contributed by atoms with van der Waals surface area (Å²) in [6.07, 6.45) is -0.299. The van der Waals surface area contributed by atoms with Crippen molar-refractivity contribution in [3.05, 3.63) is 34.7 Å². The SMILES string of the molecule is Cc1c(C(C)NCC(C)O)sc2ccccc12. The lowest BCUT2D eigenvalue weighted by Crippen LogP contribution is -2.26. The van der Waals surface area contributed by atoms with Crippen molar-refractivity contribution in [3.63, 3.8) is 0 Å². The number of rotatable bonds is 4. The molecular formula is C14H19NOS. The van der Waals surface area contributed by atoms with Gasteiger partial charge < -0.3 is 10.4 Å². The number of nitrogens with one attached hydrogen (secondary N) is 1. The van der Waals surface area contributed by atoms with Crippen LogP contribution in [0.2, 0.25) is 0 Å². The molecule has 2 rings (SSSR count). The third-order valence-corrected chi connectivity index (χ3v) is 4.45. The Labute approximate surface area is 106 Å². The van der Waals surface area contributed by atoms with Crippen LogP contribution in [0.3, 0.4) is 0 Å². The molecule has 1 aromatic heterocycles. The second kappa shape index (κ2) is 5.17. The first-order chi connectivity index (χ1) is 8.09. The van der Waals surface area contributed by atoms with Gasteiger partial charge in [0.25, 0.3) is 0 Å². The molecule has 1 aromatic carbocycles. The lowest BCUT2D eigenvalue weighted by molar-refractivity contribution is 0.187. The highest BCUT2D eigenvalue weighted by Crippen LogP contribution is 2.34. The van der Waals surface area contributed by atoms with Crippen molar-refractivity contribution in [1.82, 2.24) is 5.32 Å². The largest absolute Gasteiger partial charge is 0.392 e. The van der Waals surface area contributed by atoms with Gasteiger partial charge in [-0.3, -0.25) is 0 Å². The Hall–Kier alpha value is -0.900. The third kappa shape index (κ3) is 2.68. The third-order valence-electron chi connectivity index (χ3n) is 2.99. The highest BCUT2D eigenvalue weighted by molar-refractivity contribution is 7.19. The number of aliphatic hydroxyl groups is 1. The summed E-state index contributed by atoms with van der Waals surface area (Å²) in [6.45, 7) is 6.77. The van der Waals surface area contributed by atoms with Gasteiger partial charge in [0, 0.05) is 22.2 Å². The maximum Gasteiger partial charge on any atom is 0.0636 e. The van der Waals surface area contributed by atoms with Gasteiger partial charge >= 0.3 is 0 Å². The molecule has 2 N–H and O–H groups in total. The number of fused-ring (bicyclic) bond motifs is 1. The molecule has 0 saturated carbocycles. The number of aryl methyl sites for hydroxylation is 1. The summed E-state index contributed by atoms with van der Waals surface area (Å²) >= 11 is 1.84. The quantitative estimate of drug-likeness (QED) is 0.872. The molecule has 17 heavy (non-hydrogen) atoms. The molecule has 0 fully saturated rings. The summed E-state index contributed by atoms with van der Waals surface area (Å²) in [4.78, 5) is 1.37. The fraction of sp³-hybridized carbons (Fsp3) is 0.429. The van der Waals surface area contributed by atoms with E-state index in [0.717, 1.165) is 0 Å². The number of thiophene rings is 1. The fourth-order valence-electron chi connectivity index (χ4n) is 2.05. The Morgan fingerprint density at radius 1 is 1.29 bits per heavy atom. The van der Waals surface area contributed by atoms with E-state index in [1.807, 2.05) is 11.3 Å². The summed E-state index contributed by atoms with van der Waals surface area (Å²) in [5, 5.41) is 14.0. The molecule has 2 atom stereocenters. The number of aliphatic hydroxyl groups excluding tert-OH is 1. The molecular weight excluding hydrogens is 230 g/mol. The van der Waals surface area contributed by atoms with Gasteiger partial charge in [0.05, 0.1) is 6.10 Å². The van der Waals surface area contributed by atoms with Crippen molar-refractivity contribution >= 4 is 21.4 Å². The molecule has 0 bridgehead atoms. The van der Waals surface area contributed by atoms with E-state index in [2.05, 4.69) is 43.4 Å². The van der Waals surface area contributed by atoms with E-state index in [4.69, 9.17) is 0 Å². The van der Waals surface area contributed by atoms with E-state index >= 15 is 0 Å². The van der Waals surface area contributed by atoms with E-state index in [0.29, 0.717) is 12.6 Å². The molecule has 0 amide bonds. The van der Waals surface area contributed by atoms with Gasteiger partial charge in [0.15, 0.2) is 0 Å². The van der Waals surface area contributed by atoms with Crippen molar-refractivity contribution < 1.29 is 5.11 Å². The van der Waals surface area contributed by atoms with Gasteiger partial charge in [0.2, 0.25) is 0 Å². The predicted molar refractivity (Wildman–Crippen MR) is 74.7 cm³/mol. The van der Waals surface area contributed by atoms with Crippen LogP contribution in [0.4, 0.5) is 0 Å². The molecule has 1 heterocycles. The van der Waals surface area contributed by atoms with Crippen molar-refractivity contribution in [3.8, 4) is 0 Å². The van der Waals surface area contributed by atoms with Gasteiger partial charge in [-0.1, -0.05) is 18.2 Å². The standard InChI is InChI=1S/C14H19NOS/c1-9(16)8-15-11(3)14-10(2)12-6-4-5-7-13(12)17-14/h4-7,9,11,15-16H,8H2,1-3H3. The van der Waals surface area contributed by atoms with E-state index < -0.39 is 0 Å². The van der Waals surface area contributed by atoms with Gasteiger partial charge in [-0.2, -0.15) is 0 Å². The van der Waals surface area contributed by atoms with Crippen LogP contribution in [0.1, 0.15) is 30.3 Å². The average Bonchev–Trinajstić information content (AvgIpc) is 2.64. The number of hydrogen-bond acceptors (Lipinski definition) is 3. The second-order valence-electron chi connectivity index (χ2n) is 4.57. The van der Waals surface area contributed by atoms with E-state index in [9.17, 15) is 5.11 Å². The molecule has 2 unspecified atom stereocenters. The zero-order valence-electron chi connectivity index (χ0n) is 10.5. The summed E-state index contributed by atoms with van der Waals surface area (Å²) in [7, 11) is 0. The number of benzene rings is 1. The van der Waals surface area contributed by atoms with Crippen molar-refractivity contribution in [2.45, 2.75) is 32.9 Å². The Kier molecular flexibility index (Phi) is 3.82. The van der Waals surface area contributed by atoms with Crippen LogP contribution in [0, 0.1) is 6.92 Å². The van der Waals surface area contributed by atoms with Gasteiger partial charge in [0.1, 0.15) is 0 Å². The maximum atomic E-state index is 9.30. The van der Waals surface area contributed by atoms with E-state index in [1.54, 1.807) is 6.92 Å². The highest BCUT2D eigenvalue weighted by Gasteiger charge is 2.14. The molecule has 3 heteroatoms. The van der Waals surface area contributed by atoms with Crippen LogP contribution in [-0.2, 0) is 0 Å². The van der Waals surface area contributed by atoms with Crippen LogP contribution in [0.5, 0.6) is 0 Å². The molecule has 0 spiro atoms. The van der Waals surface area contributed by atoms with E-state index in [1.165, 1.54) is 20.5 Å². The van der Waals surface area contributed by atoms with Gasteiger partial charge in [-0.15, -0.1) is 11.3 Å². The summed E-state index contributed by atoms with van der Waals surface area (Å²) in [5.41, 5.74) is 1.36. The highest BCUT2D eigenvalue weighted by atomic mass is 32.1. The minimum atomic E-state index is -0.299. The van der Waals surface area contributed by atoms with Crippen molar-refractivity contribution in [1.29, 1.82) is 0 Å². The summed E-state index contributed by atoms with van der Waals surface area (Å²) in [5.74, 6) is 0. The minimum Gasteiger partial charge on any atom is -0.392 e. The zero-order valence-corrected chi connectivity index (χ0v) is 11.3. The average molecular weight is 249 g/mol. The lowest BCUT2D eigenvalue weighted by Gasteiger charge is -2.14. The van der Waals surface area contributed by atoms with Crippen molar-refractivity contribution in [2.24, 2.45) is 0 Å². The molecule has 0 aliphatic heterocycles. The second-order valence-corrected chi connectivity index (χ2v) is 5.65. The summed E-state index contributed by atoms with van der Waals surface area (Å²) in [6, 6.07) is 8.79. The first-order valence-corrected chi connectivity index (χ1v) is 6.80. The van der Waals surface area contributed by atoms with Crippen molar-refractivity contribution in [2.75, 3.05) is 6.54 Å². The Morgan fingerprint density at radius 3 is 2.65 bits per heavy atom. The predicted octanol–water partition coefficient (Wildman–Crippen LogP) is 3.24. The van der Waals surface area contributed by atoms with Crippen LogP contribution >= 0.6 is 11.3 Å². The van der Waals surface area contributed by atoms with Crippen LogP contribution in [-0.4, -0.2) is 17.8 Å². The van der Waals surface area contributed by atoms with E-state index in [-0.39, 0.29) is 6.10 Å². The Morgan fingerprint density at radius 2 is 2.00 bits per heavy atom. The Bertz CT molecular complexity index is 504. The van der Waals surface area contributed by atoms with Gasteiger partial charge in [-0.25, -0.2) is 0 Å². The first-order valence-electron chi connectivity index (χ1n) is 5.99. The fourth-order valence-corrected chi connectivity index (χ4v) is 3.28. The van der Waals surface area contributed by atoms with Crippen LogP contribution < -0.4 is 5.32 Å². The molecule has 0 radical (unpaired) electrons. The minimum absolute atomic E-state index is 0.294. The monoisotopic (exact) mass is 249 g/mol.